The van der Waals surface area contributed by atoms with Gasteiger partial charge in [-0.3, -0.25) is 19.3 Å². The number of hydrogen-bond donors (Lipinski definition) is 2. The molecule has 0 saturated heterocycles. The Bertz CT molecular complexity index is 540. The van der Waals surface area contributed by atoms with Crippen LogP contribution in [-0.4, -0.2) is 50.2 Å². The summed E-state index contributed by atoms with van der Waals surface area (Å²) in [4.78, 5) is 57.0. The van der Waals surface area contributed by atoms with Crippen molar-refractivity contribution >= 4 is 23.8 Å². The zero-order chi connectivity index (χ0) is 20.8. The van der Waals surface area contributed by atoms with E-state index in [1.807, 2.05) is 0 Å². The molecular weight excluding hydrogens is 372 g/mol. The van der Waals surface area contributed by atoms with E-state index in [1.54, 1.807) is 0 Å². The van der Waals surface area contributed by atoms with Gasteiger partial charge in [0.05, 0.1) is 0 Å². The van der Waals surface area contributed by atoms with Gasteiger partial charge in [0.2, 0.25) is 0 Å². The van der Waals surface area contributed by atoms with Gasteiger partial charge < -0.3 is 9.47 Å². The van der Waals surface area contributed by atoms with Crippen molar-refractivity contribution in [3.63, 3.8) is 0 Å². The van der Waals surface area contributed by atoms with Crippen LogP contribution in [0.15, 0.2) is 25.3 Å². The van der Waals surface area contributed by atoms with E-state index in [0.717, 1.165) is 18.6 Å². The van der Waals surface area contributed by atoms with Crippen LogP contribution in [0.25, 0.3) is 0 Å². The fourth-order valence-electron chi connectivity index (χ4n) is 2.63. The van der Waals surface area contributed by atoms with Gasteiger partial charge in [-0.1, -0.05) is 32.4 Å². The SMILES string of the molecule is C=CC(=O)OCCONC(=O)C1(C(=O)NOCCOC(=O)C=C)CCCCC1. The summed E-state index contributed by atoms with van der Waals surface area (Å²) < 4.78 is 9.43. The van der Waals surface area contributed by atoms with E-state index in [9.17, 15) is 19.2 Å². The minimum atomic E-state index is -1.33. The van der Waals surface area contributed by atoms with Crippen molar-refractivity contribution in [1.29, 1.82) is 0 Å². The van der Waals surface area contributed by atoms with E-state index in [2.05, 4.69) is 24.1 Å². The molecule has 0 aromatic rings. The number of esters is 2. The predicted molar refractivity (Wildman–Crippen MR) is 96.0 cm³/mol. The summed E-state index contributed by atoms with van der Waals surface area (Å²) >= 11 is 0. The van der Waals surface area contributed by atoms with E-state index >= 15 is 0 Å². The van der Waals surface area contributed by atoms with Gasteiger partial charge >= 0.3 is 11.9 Å². The van der Waals surface area contributed by atoms with Crippen LogP contribution < -0.4 is 11.0 Å². The van der Waals surface area contributed by atoms with E-state index in [1.165, 1.54) is 0 Å². The molecule has 0 bridgehead atoms. The summed E-state index contributed by atoms with van der Waals surface area (Å²) in [7, 11) is 0. The van der Waals surface area contributed by atoms with Gasteiger partial charge in [0.25, 0.3) is 11.8 Å². The van der Waals surface area contributed by atoms with Crippen molar-refractivity contribution in [2.45, 2.75) is 32.1 Å². The summed E-state index contributed by atoms with van der Waals surface area (Å²) in [5, 5.41) is 0. The van der Waals surface area contributed by atoms with Gasteiger partial charge in [-0.15, -0.1) is 0 Å². The Labute approximate surface area is 163 Å². The highest BCUT2D eigenvalue weighted by molar-refractivity contribution is 6.04. The molecule has 0 unspecified atom stereocenters. The molecule has 0 aliphatic heterocycles. The number of rotatable bonds is 12. The molecule has 28 heavy (non-hydrogen) atoms. The molecule has 1 aliphatic carbocycles. The van der Waals surface area contributed by atoms with Crippen molar-refractivity contribution < 1.29 is 38.3 Å². The fraction of sp³-hybridized carbons (Fsp3) is 0.556. The van der Waals surface area contributed by atoms with E-state index in [-0.39, 0.29) is 26.4 Å². The van der Waals surface area contributed by atoms with Crippen LogP contribution in [0, 0.1) is 5.41 Å². The second-order valence-corrected chi connectivity index (χ2v) is 5.95. The zero-order valence-electron chi connectivity index (χ0n) is 15.7. The highest BCUT2D eigenvalue weighted by Gasteiger charge is 2.47. The summed E-state index contributed by atoms with van der Waals surface area (Å²) in [6, 6.07) is 0. The molecular formula is C18H26N2O8. The second kappa shape index (κ2) is 12.6. The molecule has 10 nitrogen and oxygen atoms in total. The van der Waals surface area contributed by atoms with Crippen LogP contribution >= 0.6 is 0 Å². The van der Waals surface area contributed by atoms with Crippen molar-refractivity contribution in [3.8, 4) is 0 Å². The van der Waals surface area contributed by atoms with Gasteiger partial charge in [-0.05, 0) is 12.8 Å². The Balaban J connectivity index is 2.47. The lowest BCUT2D eigenvalue weighted by Gasteiger charge is -2.33. The molecule has 0 heterocycles. The smallest absolute Gasteiger partial charge is 0.330 e. The van der Waals surface area contributed by atoms with E-state index in [0.29, 0.717) is 25.7 Å². The maximum absolute atomic E-state index is 12.6. The van der Waals surface area contributed by atoms with Gasteiger partial charge in [0.15, 0.2) is 0 Å². The molecule has 0 radical (unpaired) electrons. The number of carbonyl (C=O) groups is 4. The largest absolute Gasteiger partial charge is 0.460 e. The number of carbonyl (C=O) groups excluding carboxylic acids is 4. The molecule has 0 aromatic carbocycles. The van der Waals surface area contributed by atoms with Crippen LogP contribution in [0.1, 0.15) is 32.1 Å². The quantitative estimate of drug-likeness (QED) is 0.160. The van der Waals surface area contributed by atoms with Crippen LogP contribution in [0.5, 0.6) is 0 Å². The Morgan fingerprint density at radius 3 is 1.57 bits per heavy atom. The Kier molecular flexibility index (Phi) is 10.5. The molecule has 1 rings (SSSR count). The molecule has 2 amide bonds. The fourth-order valence-corrected chi connectivity index (χ4v) is 2.63. The number of amides is 2. The maximum Gasteiger partial charge on any atom is 0.330 e. The molecule has 1 aliphatic rings. The van der Waals surface area contributed by atoms with Crippen molar-refractivity contribution in [3.05, 3.63) is 25.3 Å². The Morgan fingerprint density at radius 2 is 1.18 bits per heavy atom. The normalized spacial score (nSPS) is 15.0. The number of hydroxylamine groups is 2. The standard InChI is InChI=1S/C18H26N2O8/c1-3-14(21)25-10-12-27-19-16(23)18(8-6-5-7-9-18)17(24)20-28-13-11-26-15(22)4-2/h3-4H,1-2,5-13H2,(H,19,23)(H,20,24). The topological polar surface area (TPSA) is 129 Å². The third-order valence-corrected chi connectivity index (χ3v) is 4.10. The monoisotopic (exact) mass is 398 g/mol. The van der Waals surface area contributed by atoms with Crippen LogP contribution in [0.3, 0.4) is 0 Å². The Hall–Kier alpha value is -2.72. The van der Waals surface area contributed by atoms with Gasteiger partial charge in [-0.2, -0.15) is 0 Å². The van der Waals surface area contributed by atoms with E-state index in [4.69, 9.17) is 19.1 Å². The Morgan fingerprint density at radius 1 is 0.750 bits per heavy atom. The summed E-state index contributed by atoms with van der Waals surface area (Å²) in [5.74, 6) is -2.40. The number of ether oxygens (including phenoxy) is 2. The van der Waals surface area contributed by atoms with Crippen LogP contribution in [0.2, 0.25) is 0 Å². The molecule has 10 heteroatoms. The molecule has 0 spiro atoms. The van der Waals surface area contributed by atoms with Crippen molar-refractivity contribution in [1.82, 2.24) is 11.0 Å². The first-order valence-electron chi connectivity index (χ1n) is 8.89. The maximum atomic E-state index is 12.6. The number of hydrogen-bond acceptors (Lipinski definition) is 8. The molecule has 0 aromatic heterocycles. The van der Waals surface area contributed by atoms with Gasteiger partial charge in [0, 0.05) is 12.2 Å². The molecule has 1 saturated carbocycles. The first-order chi connectivity index (χ1) is 13.5. The third kappa shape index (κ3) is 7.49. The summed E-state index contributed by atoms with van der Waals surface area (Å²) in [6.45, 7) is 6.22. The van der Waals surface area contributed by atoms with Crippen LogP contribution in [-0.2, 0) is 38.3 Å². The minimum absolute atomic E-state index is 0.0725. The van der Waals surface area contributed by atoms with Gasteiger partial charge in [-0.25, -0.2) is 20.5 Å². The lowest BCUT2D eigenvalue weighted by Crippen LogP contribution is -2.52. The predicted octanol–water partition coefficient (Wildman–Crippen LogP) is 0.491. The molecule has 1 fully saturated rings. The average Bonchev–Trinajstić information content (AvgIpc) is 2.72. The summed E-state index contributed by atoms with van der Waals surface area (Å²) in [6.07, 6.45) is 5.03. The van der Waals surface area contributed by atoms with Crippen LogP contribution in [0.4, 0.5) is 0 Å². The van der Waals surface area contributed by atoms with Gasteiger partial charge in [0.1, 0.15) is 31.8 Å². The highest BCUT2D eigenvalue weighted by Crippen LogP contribution is 2.36. The minimum Gasteiger partial charge on any atom is -0.460 e. The lowest BCUT2D eigenvalue weighted by molar-refractivity contribution is -0.162. The second-order valence-electron chi connectivity index (χ2n) is 5.95. The molecule has 0 atom stereocenters. The third-order valence-electron chi connectivity index (χ3n) is 4.10. The number of nitrogens with one attached hydrogen (secondary N) is 2. The summed E-state index contributed by atoms with van der Waals surface area (Å²) in [5.41, 5.74) is 3.15. The molecule has 2 N–H and O–H groups in total. The van der Waals surface area contributed by atoms with Crippen molar-refractivity contribution in [2.75, 3.05) is 26.4 Å². The molecule has 156 valence electrons. The van der Waals surface area contributed by atoms with Crippen molar-refractivity contribution in [2.24, 2.45) is 5.41 Å². The van der Waals surface area contributed by atoms with E-state index < -0.39 is 29.2 Å². The highest BCUT2D eigenvalue weighted by atomic mass is 16.7. The zero-order valence-corrected chi connectivity index (χ0v) is 15.7. The average molecular weight is 398 g/mol. The first-order valence-corrected chi connectivity index (χ1v) is 8.89. The first kappa shape index (κ1) is 23.3. The lowest BCUT2D eigenvalue weighted by atomic mass is 9.73.